The molecule has 0 bridgehead atoms. The van der Waals surface area contributed by atoms with Gasteiger partial charge in [0.05, 0.1) is 6.42 Å². The van der Waals surface area contributed by atoms with E-state index in [0.29, 0.717) is 5.92 Å². The Kier molecular flexibility index (Phi) is 3.25. The van der Waals surface area contributed by atoms with Gasteiger partial charge in [0.15, 0.2) is 0 Å². The number of hydrogen-bond donors (Lipinski definition) is 2. The minimum absolute atomic E-state index is 0.0762. The minimum Gasteiger partial charge on any atom is -0.481 e. The maximum absolute atomic E-state index is 10.6. The van der Waals surface area contributed by atoms with Crippen LogP contribution in [-0.2, 0) is 17.6 Å². The van der Waals surface area contributed by atoms with Gasteiger partial charge in [-0.05, 0) is 36.3 Å². The molecule has 3 heteroatoms. The van der Waals surface area contributed by atoms with Gasteiger partial charge in [-0.3, -0.25) is 4.79 Å². The number of carboxylic acids is 1. The number of aliphatic carboxylic acids is 1. The van der Waals surface area contributed by atoms with Crippen molar-refractivity contribution in [2.75, 3.05) is 0 Å². The lowest BCUT2D eigenvalue weighted by molar-refractivity contribution is -0.137. The number of nitrogens with two attached hydrogens (primary N) is 1. The molecule has 0 amide bonds. The molecule has 3 nitrogen and oxygen atoms in total. The van der Waals surface area contributed by atoms with Crippen molar-refractivity contribution in [3.8, 4) is 0 Å². The number of carboxylic acid groups (broad SMARTS) is 1. The predicted octanol–water partition coefficient (Wildman–Crippen LogP) is 1.59. The lowest BCUT2D eigenvalue weighted by atomic mass is 9.79. The van der Waals surface area contributed by atoms with Crippen molar-refractivity contribution in [2.24, 2.45) is 11.7 Å². The average Bonchev–Trinajstić information content (AvgIpc) is 2.27. The zero-order valence-corrected chi connectivity index (χ0v) is 9.23. The highest BCUT2D eigenvalue weighted by molar-refractivity contribution is 5.67. The number of hydrogen-bond acceptors (Lipinski definition) is 2. The van der Waals surface area contributed by atoms with Crippen LogP contribution in [0.1, 0.15) is 24.0 Å². The second kappa shape index (κ2) is 4.66. The maximum atomic E-state index is 10.6. The molecule has 0 aliphatic heterocycles. The first-order chi connectivity index (χ1) is 7.66. The SMILES string of the molecule is NC(CC(=O)O)C1CCc2ccccc2C1. The second-order valence-corrected chi connectivity index (χ2v) is 4.53. The number of benzene rings is 1. The highest BCUT2D eigenvalue weighted by atomic mass is 16.4. The van der Waals surface area contributed by atoms with E-state index in [1.807, 2.05) is 6.07 Å². The van der Waals surface area contributed by atoms with Gasteiger partial charge in [0.1, 0.15) is 0 Å². The molecular weight excluding hydrogens is 202 g/mol. The highest BCUT2D eigenvalue weighted by Crippen LogP contribution is 2.27. The van der Waals surface area contributed by atoms with Gasteiger partial charge in [-0.15, -0.1) is 0 Å². The molecule has 16 heavy (non-hydrogen) atoms. The average molecular weight is 219 g/mol. The number of rotatable bonds is 3. The van der Waals surface area contributed by atoms with Crippen LogP contribution in [0.2, 0.25) is 0 Å². The van der Waals surface area contributed by atoms with E-state index in [9.17, 15) is 4.79 Å². The summed E-state index contributed by atoms with van der Waals surface area (Å²) in [7, 11) is 0. The van der Waals surface area contributed by atoms with Crippen LogP contribution in [0.15, 0.2) is 24.3 Å². The van der Waals surface area contributed by atoms with Crippen LogP contribution in [0.4, 0.5) is 0 Å². The molecule has 1 aliphatic carbocycles. The first-order valence-corrected chi connectivity index (χ1v) is 5.71. The van der Waals surface area contributed by atoms with Crippen molar-refractivity contribution in [3.05, 3.63) is 35.4 Å². The molecule has 1 aromatic carbocycles. The Hall–Kier alpha value is -1.35. The van der Waals surface area contributed by atoms with E-state index in [1.165, 1.54) is 11.1 Å². The lowest BCUT2D eigenvalue weighted by Crippen LogP contribution is -2.35. The fourth-order valence-electron chi connectivity index (χ4n) is 2.46. The highest BCUT2D eigenvalue weighted by Gasteiger charge is 2.24. The number of aryl methyl sites for hydroxylation is 1. The summed E-state index contributed by atoms with van der Waals surface area (Å²) in [6.07, 6.45) is 3.02. The maximum Gasteiger partial charge on any atom is 0.304 e. The first-order valence-electron chi connectivity index (χ1n) is 5.71. The van der Waals surface area contributed by atoms with Gasteiger partial charge in [-0.2, -0.15) is 0 Å². The lowest BCUT2D eigenvalue weighted by Gasteiger charge is -2.28. The van der Waals surface area contributed by atoms with Crippen molar-refractivity contribution in [2.45, 2.75) is 31.7 Å². The van der Waals surface area contributed by atoms with Gasteiger partial charge in [0.25, 0.3) is 0 Å². The smallest absolute Gasteiger partial charge is 0.304 e. The van der Waals surface area contributed by atoms with Crippen LogP contribution >= 0.6 is 0 Å². The summed E-state index contributed by atoms with van der Waals surface area (Å²) >= 11 is 0. The minimum atomic E-state index is -0.800. The summed E-state index contributed by atoms with van der Waals surface area (Å²) < 4.78 is 0. The molecule has 86 valence electrons. The molecule has 0 radical (unpaired) electrons. The summed E-state index contributed by atoms with van der Waals surface area (Å²) in [6, 6.07) is 8.13. The zero-order chi connectivity index (χ0) is 11.5. The molecule has 0 saturated carbocycles. The summed E-state index contributed by atoms with van der Waals surface area (Å²) in [6.45, 7) is 0. The van der Waals surface area contributed by atoms with Crippen molar-refractivity contribution in [3.63, 3.8) is 0 Å². The van der Waals surface area contributed by atoms with Gasteiger partial charge < -0.3 is 10.8 Å². The Bertz CT molecular complexity index is 389. The van der Waals surface area contributed by atoms with E-state index in [4.69, 9.17) is 10.8 Å². The van der Waals surface area contributed by atoms with Crippen LogP contribution in [0, 0.1) is 5.92 Å². The van der Waals surface area contributed by atoms with E-state index in [0.717, 1.165) is 19.3 Å². The van der Waals surface area contributed by atoms with Crippen LogP contribution < -0.4 is 5.73 Å². The predicted molar refractivity (Wildman–Crippen MR) is 62.2 cm³/mol. The third kappa shape index (κ3) is 2.42. The van der Waals surface area contributed by atoms with Crippen molar-refractivity contribution in [1.82, 2.24) is 0 Å². The van der Waals surface area contributed by atoms with E-state index in [2.05, 4.69) is 18.2 Å². The van der Waals surface area contributed by atoms with E-state index in [-0.39, 0.29) is 12.5 Å². The fraction of sp³-hybridized carbons (Fsp3) is 0.462. The molecule has 3 N–H and O–H groups in total. The molecule has 0 spiro atoms. The molecule has 0 heterocycles. The normalized spacial score (nSPS) is 21.2. The number of fused-ring (bicyclic) bond motifs is 1. The van der Waals surface area contributed by atoms with Crippen molar-refractivity contribution in [1.29, 1.82) is 0 Å². The van der Waals surface area contributed by atoms with Crippen LogP contribution in [0.25, 0.3) is 0 Å². The Labute approximate surface area is 95.3 Å². The summed E-state index contributed by atoms with van der Waals surface area (Å²) in [4.78, 5) is 10.6. The Morgan fingerprint density at radius 3 is 2.81 bits per heavy atom. The van der Waals surface area contributed by atoms with Crippen LogP contribution in [0.3, 0.4) is 0 Å². The third-order valence-corrected chi connectivity index (χ3v) is 3.40. The molecule has 2 unspecified atom stereocenters. The molecule has 2 atom stereocenters. The topological polar surface area (TPSA) is 63.3 Å². The number of carbonyl (C=O) groups is 1. The van der Waals surface area contributed by atoms with Crippen molar-refractivity contribution >= 4 is 5.97 Å². The van der Waals surface area contributed by atoms with Gasteiger partial charge in [0.2, 0.25) is 0 Å². The molecule has 0 saturated heterocycles. The largest absolute Gasteiger partial charge is 0.481 e. The van der Waals surface area contributed by atoms with Gasteiger partial charge in [-0.1, -0.05) is 24.3 Å². The third-order valence-electron chi connectivity index (χ3n) is 3.40. The van der Waals surface area contributed by atoms with Gasteiger partial charge >= 0.3 is 5.97 Å². The first kappa shape index (κ1) is 11.1. The molecule has 1 aliphatic rings. The summed E-state index contributed by atoms with van der Waals surface area (Å²) in [5, 5.41) is 8.73. The monoisotopic (exact) mass is 219 g/mol. The Morgan fingerprint density at radius 1 is 1.44 bits per heavy atom. The molecule has 1 aromatic rings. The zero-order valence-electron chi connectivity index (χ0n) is 9.23. The van der Waals surface area contributed by atoms with E-state index in [1.54, 1.807) is 0 Å². The Balaban J connectivity index is 2.05. The van der Waals surface area contributed by atoms with Crippen molar-refractivity contribution < 1.29 is 9.90 Å². The quantitative estimate of drug-likeness (QED) is 0.811. The van der Waals surface area contributed by atoms with E-state index < -0.39 is 5.97 Å². The Morgan fingerprint density at radius 2 is 2.12 bits per heavy atom. The molecule has 0 fully saturated rings. The fourth-order valence-corrected chi connectivity index (χ4v) is 2.46. The van der Waals surface area contributed by atoms with Gasteiger partial charge in [0, 0.05) is 6.04 Å². The summed E-state index contributed by atoms with van der Waals surface area (Å²) in [5.41, 5.74) is 8.65. The molecule has 2 rings (SSSR count). The van der Waals surface area contributed by atoms with Crippen LogP contribution in [0.5, 0.6) is 0 Å². The second-order valence-electron chi connectivity index (χ2n) is 4.53. The standard InChI is InChI=1S/C13H17NO2/c14-12(8-13(15)16)11-6-5-9-3-1-2-4-10(9)7-11/h1-4,11-12H,5-8,14H2,(H,15,16). The van der Waals surface area contributed by atoms with E-state index >= 15 is 0 Å². The van der Waals surface area contributed by atoms with Gasteiger partial charge in [-0.25, -0.2) is 0 Å². The summed E-state index contributed by atoms with van der Waals surface area (Å²) in [5.74, 6) is -0.489. The molecule has 0 aromatic heterocycles. The van der Waals surface area contributed by atoms with Crippen LogP contribution in [-0.4, -0.2) is 17.1 Å². The molecular formula is C13H17NO2.